The molecule has 6 nitrogen and oxygen atoms in total. The van der Waals surface area contributed by atoms with Gasteiger partial charge in [0.1, 0.15) is 9.84 Å². The van der Waals surface area contributed by atoms with E-state index in [0.29, 0.717) is 11.7 Å². The van der Waals surface area contributed by atoms with Gasteiger partial charge in [0, 0.05) is 12.5 Å². The van der Waals surface area contributed by atoms with Crippen molar-refractivity contribution >= 4 is 15.6 Å². The first kappa shape index (κ1) is 16.2. The summed E-state index contributed by atoms with van der Waals surface area (Å²) in [4.78, 5) is 12.0. The molecule has 0 radical (unpaired) electrons. The Morgan fingerprint density at radius 3 is 2.76 bits per heavy atom. The van der Waals surface area contributed by atoms with E-state index in [9.17, 15) is 13.2 Å². The molecule has 7 heteroatoms. The van der Waals surface area contributed by atoms with Crippen LogP contribution < -0.4 is 5.73 Å². The number of ketones is 1. The zero-order valence-electron chi connectivity index (χ0n) is 12.4. The molecule has 1 heterocycles. The van der Waals surface area contributed by atoms with Crippen LogP contribution in [-0.4, -0.2) is 42.0 Å². The van der Waals surface area contributed by atoms with Gasteiger partial charge in [0.15, 0.2) is 5.78 Å². The van der Waals surface area contributed by atoms with Crippen LogP contribution in [0.4, 0.5) is 0 Å². The second kappa shape index (κ2) is 6.70. The molecule has 1 unspecified atom stereocenters. The van der Waals surface area contributed by atoms with E-state index in [4.69, 9.17) is 5.73 Å². The second-order valence-corrected chi connectivity index (χ2v) is 8.15. The summed E-state index contributed by atoms with van der Waals surface area (Å²) in [5.74, 6) is -0.216. The number of Topliss-reactive ketones (excluding diaryl/α,β-unsaturated/α-hetero) is 1. The highest BCUT2D eigenvalue weighted by Gasteiger charge is 2.20. The molecule has 118 valence electrons. The third kappa shape index (κ3) is 4.93. The minimum atomic E-state index is -3.08. The van der Waals surface area contributed by atoms with Gasteiger partial charge >= 0.3 is 0 Å². The lowest BCUT2D eigenvalue weighted by molar-refractivity contribution is -0.119. The predicted molar refractivity (Wildman–Crippen MR) is 80.7 cm³/mol. The van der Waals surface area contributed by atoms with Crippen LogP contribution >= 0.6 is 0 Å². The fourth-order valence-electron chi connectivity index (χ4n) is 2.66. The third-order valence-corrected chi connectivity index (χ3v) is 4.91. The number of rotatable bonds is 7. The van der Waals surface area contributed by atoms with Gasteiger partial charge in [-0.25, -0.2) is 8.42 Å². The van der Waals surface area contributed by atoms with E-state index in [1.54, 1.807) is 0 Å². The van der Waals surface area contributed by atoms with Gasteiger partial charge in [-0.1, -0.05) is 12.8 Å². The largest absolute Gasteiger partial charge is 0.321 e. The Morgan fingerprint density at radius 1 is 1.48 bits per heavy atom. The average Bonchev–Trinajstić information content (AvgIpc) is 3.04. The molecular weight excluding hydrogens is 290 g/mol. The first-order valence-corrected chi connectivity index (χ1v) is 9.41. The van der Waals surface area contributed by atoms with Gasteiger partial charge in [-0.3, -0.25) is 9.48 Å². The molecule has 1 aliphatic rings. The van der Waals surface area contributed by atoms with E-state index in [0.717, 1.165) is 19.1 Å². The summed E-state index contributed by atoms with van der Waals surface area (Å²) < 4.78 is 24.1. The first-order chi connectivity index (χ1) is 9.85. The van der Waals surface area contributed by atoms with Gasteiger partial charge in [0.05, 0.1) is 30.0 Å². The fraction of sp³-hybridized carbons (Fsp3) is 0.714. The van der Waals surface area contributed by atoms with Crippen LogP contribution in [0.3, 0.4) is 0 Å². The molecule has 2 rings (SSSR count). The Kier molecular flexibility index (Phi) is 5.16. The lowest BCUT2D eigenvalue weighted by atomic mass is 10.1. The number of sulfone groups is 1. The maximum absolute atomic E-state index is 12.0. The van der Waals surface area contributed by atoms with Gasteiger partial charge in [-0.05, 0) is 25.3 Å². The normalized spacial score (nSPS) is 18.0. The highest BCUT2D eigenvalue weighted by atomic mass is 32.2. The van der Waals surface area contributed by atoms with Gasteiger partial charge in [0.25, 0.3) is 0 Å². The van der Waals surface area contributed by atoms with Gasteiger partial charge in [-0.2, -0.15) is 5.10 Å². The lowest BCUT2D eigenvalue weighted by Crippen LogP contribution is -2.33. The Hall–Kier alpha value is -1.21. The highest BCUT2D eigenvalue weighted by molar-refractivity contribution is 7.90. The van der Waals surface area contributed by atoms with Crippen LogP contribution in [0.2, 0.25) is 0 Å². The van der Waals surface area contributed by atoms with Gasteiger partial charge in [0.2, 0.25) is 0 Å². The van der Waals surface area contributed by atoms with Crippen molar-refractivity contribution in [2.45, 2.75) is 50.6 Å². The molecular formula is C14H23N3O3S. The Bertz CT molecular complexity index is 588. The number of nitrogens with two attached hydrogens (primary N) is 1. The van der Waals surface area contributed by atoms with Crippen molar-refractivity contribution in [3.05, 3.63) is 18.0 Å². The molecule has 1 fully saturated rings. The summed E-state index contributed by atoms with van der Waals surface area (Å²) in [6.45, 7) is 0. The van der Waals surface area contributed by atoms with E-state index in [1.807, 2.05) is 16.9 Å². The molecule has 1 aliphatic carbocycles. The van der Waals surface area contributed by atoms with Crippen LogP contribution in [0.25, 0.3) is 0 Å². The molecule has 0 bridgehead atoms. The SMILES string of the molecule is CS(=O)(=O)CCC(N)C(=O)Cc1ccn(C2CCCC2)n1. The first-order valence-electron chi connectivity index (χ1n) is 7.35. The van der Waals surface area contributed by atoms with Gasteiger partial charge in [-0.15, -0.1) is 0 Å². The minimum absolute atomic E-state index is 0.0591. The second-order valence-electron chi connectivity index (χ2n) is 5.89. The Labute approximate surface area is 125 Å². The number of hydrogen-bond acceptors (Lipinski definition) is 5. The van der Waals surface area contributed by atoms with Crippen molar-refractivity contribution in [3.8, 4) is 0 Å². The van der Waals surface area contributed by atoms with Crippen molar-refractivity contribution in [3.63, 3.8) is 0 Å². The van der Waals surface area contributed by atoms with Crippen LogP contribution in [0.5, 0.6) is 0 Å². The zero-order valence-corrected chi connectivity index (χ0v) is 13.2. The minimum Gasteiger partial charge on any atom is -0.321 e. The maximum atomic E-state index is 12.0. The molecule has 1 aromatic heterocycles. The summed E-state index contributed by atoms with van der Waals surface area (Å²) >= 11 is 0. The third-order valence-electron chi connectivity index (χ3n) is 3.93. The highest BCUT2D eigenvalue weighted by Crippen LogP contribution is 2.28. The standard InChI is InChI=1S/C14H23N3O3S/c1-21(19,20)9-7-13(15)14(18)10-11-6-8-17(16-11)12-4-2-3-5-12/h6,8,12-13H,2-5,7,9-10,15H2,1H3. The molecule has 1 atom stereocenters. The topological polar surface area (TPSA) is 95.0 Å². The van der Waals surface area contributed by atoms with E-state index < -0.39 is 15.9 Å². The number of carbonyl (C=O) groups is 1. The Balaban J connectivity index is 1.87. The van der Waals surface area contributed by atoms with Crippen LogP contribution in [-0.2, 0) is 21.1 Å². The fourth-order valence-corrected chi connectivity index (χ4v) is 3.34. The van der Waals surface area contributed by atoms with Crippen molar-refractivity contribution in [2.75, 3.05) is 12.0 Å². The van der Waals surface area contributed by atoms with E-state index in [1.165, 1.54) is 12.8 Å². The average molecular weight is 313 g/mol. The van der Waals surface area contributed by atoms with Gasteiger partial charge < -0.3 is 5.73 Å². The summed E-state index contributed by atoms with van der Waals surface area (Å²) in [6, 6.07) is 1.56. The van der Waals surface area contributed by atoms with Crippen LogP contribution in [0, 0.1) is 0 Å². The summed E-state index contributed by atoms with van der Waals surface area (Å²) in [7, 11) is -3.08. The van der Waals surface area contributed by atoms with E-state index in [2.05, 4.69) is 5.10 Å². The molecule has 1 aromatic rings. The molecule has 0 saturated heterocycles. The number of nitrogens with zero attached hydrogens (tertiary/aromatic N) is 2. The number of carbonyl (C=O) groups excluding carboxylic acids is 1. The Morgan fingerprint density at radius 2 is 2.14 bits per heavy atom. The molecule has 0 aliphatic heterocycles. The smallest absolute Gasteiger partial charge is 0.155 e. The zero-order chi connectivity index (χ0) is 15.5. The maximum Gasteiger partial charge on any atom is 0.155 e. The van der Waals surface area contributed by atoms with Crippen molar-refractivity contribution in [1.29, 1.82) is 0 Å². The summed E-state index contributed by atoms with van der Waals surface area (Å²) in [5, 5.41) is 4.45. The van der Waals surface area contributed by atoms with Crippen LogP contribution in [0.15, 0.2) is 12.3 Å². The predicted octanol–water partition coefficient (Wildman–Crippen LogP) is 0.872. The van der Waals surface area contributed by atoms with Crippen molar-refractivity contribution in [2.24, 2.45) is 5.73 Å². The quantitative estimate of drug-likeness (QED) is 0.806. The number of hydrogen-bond donors (Lipinski definition) is 1. The molecule has 1 saturated carbocycles. The molecule has 0 amide bonds. The summed E-state index contributed by atoms with van der Waals surface area (Å²) in [5.41, 5.74) is 6.46. The summed E-state index contributed by atoms with van der Waals surface area (Å²) in [6.07, 6.45) is 8.15. The van der Waals surface area contributed by atoms with E-state index >= 15 is 0 Å². The van der Waals surface area contributed by atoms with Crippen molar-refractivity contribution < 1.29 is 13.2 Å². The monoisotopic (exact) mass is 313 g/mol. The van der Waals surface area contributed by atoms with E-state index in [-0.39, 0.29) is 24.4 Å². The lowest BCUT2D eigenvalue weighted by Gasteiger charge is -2.10. The number of aromatic nitrogens is 2. The molecule has 21 heavy (non-hydrogen) atoms. The van der Waals surface area contributed by atoms with Crippen LogP contribution in [0.1, 0.15) is 43.8 Å². The molecule has 0 aromatic carbocycles. The molecule has 0 spiro atoms. The molecule has 2 N–H and O–H groups in total. The van der Waals surface area contributed by atoms with Crippen molar-refractivity contribution in [1.82, 2.24) is 9.78 Å².